The molecular formula is C24H19ClF3N5O2. The van der Waals surface area contributed by atoms with E-state index in [0.717, 1.165) is 17.7 Å². The minimum Gasteiger partial charge on any atom is -0.366 e. The molecule has 1 heterocycles. The highest BCUT2D eigenvalue weighted by atomic mass is 35.5. The number of aromatic nitrogens is 2. The summed E-state index contributed by atoms with van der Waals surface area (Å²) in [5.74, 6) is -1.46. The Morgan fingerprint density at radius 3 is 2.43 bits per heavy atom. The Morgan fingerprint density at radius 1 is 1.06 bits per heavy atom. The summed E-state index contributed by atoms with van der Waals surface area (Å²) in [6.45, 7) is 1.80. The Bertz CT molecular complexity index is 1480. The number of carbonyl (C=O) groups is 2. The molecule has 1 aromatic heterocycles. The van der Waals surface area contributed by atoms with Gasteiger partial charge < -0.3 is 16.4 Å². The van der Waals surface area contributed by atoms with Crippen molar-refractivity contribution in [1.82, 2.24) is 9.55 Å². The fourth-order valence-corrected chi connectivity index (χ4v) is 3.98. The third-order valence-corrected chi connectivity index (χ3v) is 5.87. The number of fused-ring (bicyclic) bond motifs is 1. The number of imidazole rings is 1. The quantitative estimate of drug-likeness (QED) is 0.341. The lowest BCUT2D eigenvalue weighted by Gasteiger charge is -2.15. The topological polar surface area (TPSA) is 102 Å². The van der Waals surface area contributed by atoms with E-state index >= 15 is 0 Å². The number of alkyl halides is 3. The van der Waals surface area contributed by atoms with Gasteiger partial charge in [-0.3, -0.25) is 14.2 Å². The van der Waals surface area contributed by atoms with Gasteiger partial charge in [-0.15, -0.1) is 0 Å². The Morgan fingerprint density at radius 2 is 1.77 bits per heavy atom. The summed E-state index contributed by atoms with van der Waals surface area (Å²) in [7, 11) is 1.64. The third-order valence-electron chi connectivity index (χ3n) is 5.46. The Kier molecular flexibility index (Phi) is 6.16. The molecule has 0 unspecified atom stereocenters. The summed E-state index contributed by atoms with van der Waals surface area (Å²) >= 11 is 6.30. The van der Waals surface area contributed by atoms with Gasteiger partial charge in [-0.05, 0) is 48.9 Å². The maximum absolute atomic E-state index is 13.4. The normalized spacial score (nSPS) is 11.5. The van der Waals surface area contributed by atoms with E-state index < -0.39 is 29.1 Å². The van der Waals surface area contributed by atoms with Crippen LogP contribution in [0.15, 0.2) is 54.6 Å². The first-order valence-corrected chi connectivity index (χ1v) is 10.7. The van der Waals surface area contributed by atoms with Crippen molar-refractivity contribution in [2.75, 3.05) is 17.7 Å². The molecule has 0 fully saturated rings. The zero-order valence-electron chi connectivity index (χ0n) is 18.5. The van der Waals surface area contributed by atoms with Crippen molar-refractivity contribution < 1.29 is 22.8 Å². The van der Waals surface area contributed by atoms with Gasteiger partial charge in [-0.1, -0.05) is 29.8 Å². The van der Waals surface area contributed by atoms with Crippen molar-refractivity contribution in [2.45, 2.75) is 13.1 Å². The summed E-state index contributed by atoms with van der Waals surface area (Å²) in [5, 5.41) is 5.90. The smallest absolute Gasteiger partial charge is 0.366 e. The van der Waals surface area contributed by atoms with Crippen molar-refractivity contribution in [3.8, 4) is 5.69 Å². The van der Waals surface area contributed by atoms with Crippen LogP contribution >= 0.6 is 11.6 Å². The van der Waals surface area contributed by atoms with Crippen LogP contribution in [-0.2, 0) is 6.18 Å². The van der Waals surface area contributed by atoms with Crippen LogP contribution in [0.4, 0.5) is 24.8 Å². The number of anilines is 2. The molecule has 4 N–H and O–H groups in total. The number of hydrogen-bond acceptors (Lipinski definition) is 4. The van der Waals surface area contributed by atoms with Crippen LogP contribution in [0.1, 0.15) is 31.8 Å². The zero-order valence-corrected chi connectivity index (χ0v) is 19.3. The SMILES string of the molecule is CNc1nc2c(C(N)=O)cc(NC(=O)c3ccccc3C(F)(F)F)cc2n1-c1cccc(Cl)c1C. The van der Waals surface area contributed by atoms with Gasteiger partial charge in [0.25, 0.3) is 11.8 Å². The van der Waals surface area contributed by atoms with Crippen LogP contribution in [0.2, 0.25) is 5.02 Å². The van der Waals surface area contributed by atoms with Gasteiger partial charge in [-0.25, -0.2) is 4.98 Å². The van der Waals surface area contributed by atoms with Crippen molar-refractivity contribution >= 4 is 46.1 Å². The first-order chi connectivity index (χ1) is 16.5. The van der Waals surface area contributed by atoms with E-state index in [1.165, 1.54) is 24.3 Å². The van der Waals surface area contributed by atoms with Crippen LogP contribution in [0.5, 0.6) is 0 Å². The molecule has 35 heavy (non-hydrogen) atoms. The number of halogens is 4. The van der Waals surface area contributed by atoms with Crippen molar-refractivity contribution in [1.29, 1.82) is 0 Å². The average Bonchev–Trinajstić information content (AvgIpc) is 3.18. The molecule has 0 saturated carbocycles. The average molecular weight is 502 g/mol. The molecule has 0 saturated heterocycles. The minimum atomic E-state index is -4.72. The molecule has 11 heteroatoms. The summed E-state index contributed by atoms with van der Waals surface area (Å²) in [4.78, 5) is 29.6. The maximum atomic E-state index is 13.4. The minimum absolute atomic E-state index is 0.0168. The van der Waals surface area contributed by atoms with Crippen LogP contribution in [-0.4, -0.2) is 28.4 Å². The number of rotatable bonds is 5. The molecule has 7 nitrogen and oxygen atoms in total. The van der Waals surface area contributed by atoms with Gasteiger partial charge in [0.05, 0.1) is 27.9 Å². The fraction of sp³-hybridized carbons (Fsp3) is 0.125. The molecular weight excluding hydrogens is 483 g/mol. The molecule has 0 spiro atoms. The van der Waals surface area contributed by atoms with Gasteiger partial charge in [0.15, 0.2) is 0 Å². The van der Waals surface area contributed by atoms with E-state index in [1.54, 1.807) is 36.7 Å². The Hall–Kier alpha value is -4.05. The van der Waals surface area contributed by atoms with Gasteiger partial charge in [0.1, 0.15) is 5.52 Å². The number of nitrogens with one attached hydrogen (secondary N) is 2. The predicted octanol–water partition coefficient (Wildman–Crippen LogP) is 5.40. The molecule has 4 rings (SSSR count). The largest absolute Gasteiger partial charge is 0.417 e. The second-order valence-corrected chi connectivity index (χ2v) is 8.07. The summed E-state index contributed by atoms with van der Waals surface area (Å²) in [6, 6.07) is 12.5. The number of carbonyl (C=O) groups excluding carboxylic acids is 2. The van der Waals surface area contributed by atoms with E-state index in [1.807, 2.05) is 0 Å². The van der Waals surface area contributed by atoms with E-state index in [0.29, 0.717) is 22.2 Å². The second-order valence-electron chi connectivity index (χ2n) is 7.66. The predicted molar refractivity (Wildman–Crippen MR) is 128 cm³/mol. The van der Waals surface area contributed by atoms with Crippen molar-refractivity contribution in [3.05, 3.63) is 81.9 Å². The van der Waals surface area contributed by atoms with E-state index in [9.17, 15) is 22.8 Å². The zero-order chi connectivity index (χ0) is 25.5. The lowest BCUT2D eigenvalue weighted by atomic mass is 10.1. The molecule has 0 atom stereocenters. The molecule has 0 aliphatic carbocycles. The van der Waals surface area contributed by atoms with Gasteiger partial charge in [-0.2, -0.15) is 13.2 Å². The lowest BCUT2D eigenvalue weighted by Crippen LogP contribution is -2.19. The lowest BCUT2D eigenvalue weighted by molar-refractivity contribution is -0.137. The van der Waals surface area contributed by atoms with Crippen molar-refractivity contribution in [2.24, 2.45) is 5.73 Å². The van der Waals surface area contributed by atoms with Gasteiger partial charge in [0.2, 0.25) is 5.95 Å². The summed E-state index contributed by atoms with van der Waals surface area (Å²) in [6.07, 6.45) is -4.72. The molecule has 2 amide bonds. The summed E-state index contributed by atoms with van der Waals surface area (Å²) in [5.41, 5.74) is 5.98. The van der Waals surface area contributed by atoms with E-state index in [2.05, 4.69) is 15.6 Å². The van der Waals surface area contributed by atoms with Crippen LogP contribution in [0.3, 0.4) is 0 Å². The number of nitrogens with two attached hydrogens (primary N) is 1. The fourth-order valence-electron chi connectivity index (χ4n) is 3.81. The van der Waals surface area contributed by atoms with Gasteiger partial charge >= 0.3 is 6.18 Å². The number of amides is 2. The number of nitrogens with zero attached hydrogens (tertiary/aromatic N) is 2. The molecule has 0 bridgehead atoms. The van der Waals surface area contributed by atoms with Crippen LogP contribution in [0.25, 0.3) is 16.7 Å². The van der Waals surface area contributed by atoms with Gasteiger partial charge in [0, 0.05) is 17.8 Å². The monoisotopic (exact) mass is 501 g/mol. The van der Waals surface area contributed by atoms with Crippen LogP contribution < -0.4 is 16.4 Å². The maximum Gasteiger partial charge on any atom is 0.417 e. The standard InChI is InChI=1S/C24H19ClF3N5O2/c1-12-17(25)8-5-9-18(12)33-19-11-13(10-15(21(29)34)20(19)32-23(33)30-2)31-22(35)14-6-3-4-7-16(14)24(26,27)28/h3-11H,1-2H3,(H2,29,34)(H,30,32)(H,31,35). The highest BCUT2D eigenvalue weighted by molar-refractivity contribution is 6.31. The Labute approximate surface area is 202 Å². The first-order valence-electron chi connectivity index (χ1n) is 10.3. The number of benzene rings is 3. The molecule has 0 aliphatic rings. The molecule has 180 valence electrons. The highest BCUT2D eigenvalue weighted by Gasteiger charge is 2.35. The third kappa shape index (κ3) is 4.40. The molecule has 0 aliphatic heterocycles. The van der Waals surface area contributed by atoms with E-state index in [-0.39, 0.29) is 16.8 Å². The number of primary amides is 1. The van der Waals surface area contributed by atoms with Crippen molar-refractivity contribution in [3.63, 3.8) is 0 Å². The summed E-state index contributed by atoms with van der Waals surface area (Å²) < 4.78 is 41.9. The first kappa shape index (κ1) is 24.1. The second kappa shape index (κ2) is 8.95. The van der Waals surface area contributed by atoms with Crippen LogP contribution in [0, 0.1) is 6.92 Å². The molecule has 0 radical (unpaired) electrons. The number of hydrogen-bond donors (Lipinski definition) is 3. The molecule has 4 aromatic rings. The van der Waals surface area contributed by atoms with E-state index in [4.69, 9.17) is 17.3 Å². The highest BCUT2D eigenvalue weighted by Crippen LogP contribution is 2.34. The molecule has 3 aromatic carbocycles. The Balaban J connectivity index is 1.91.